The van der Waals surface area contributed by atoms with Crippen LogP contribution in [0.25, 0.3) is 0 Å². The van der Waals surface area contributed by atoms with Crippen LogP contribution >= 0.6 is 0 Å². The highest BCUT2D eigenvalue weighted by atomic mass is 32.2. The van der Waals surface area contributed by atoms with E-state index in [0.717, 1.165) is 10.7 Å². The Bertz CT molecular complexity index is 572. The third-order valence-corrected chi connectivity index (χ3v) is 5.23. The number of nitrogens with one attached hydrogen (secondary N) is 2. The zero-order valence-corrected chi connectivity index (χ0v) is 12.6. The number of aliphatic carboxylic acids is 1. The van der Waals surface area contributed by atoms with Crippen LogP contribution in [0, 0.1) is 0 Å². The first-order valence-corrected chi connectivity index (χ1v) is 8.41. The Balaban J connectivity index is 2.18. The summed E-state index contributed by atoms with van der Waals surface area (Å²) >= 11 is 0. The van der Waals surface area contributed by atoms with Crippen molar-refractivity contribution in [2.75, 3.05) is 6.54 Å². The van der Waals surface area contributed by atoms with E-state index in [1.807, 2.05) is 6.92 Å². The Labute approximate surface area is 123 Å². The summed E-state index contributed by atoms with van der Waals surface area (Å²) in [5.41, 5.74) is 0. The second-order valence-corrected chi connectivity index (χ2v) is 6.67. The number of aromatic amines is 1. The molecular formula is C12H20N4O4S. The molecule has 1 aliphatic heterocycles. The van der Waals surface area contributed by atoms with Crippen molar-refractivity contribution >= 4 is 16.2 Å². The fourth-order valence-corrected chi connectivity index (χ4v) is 4.16. The maximum Gasteiger partial charge on any atom is 0.322 e. The molecule has 21 heavy (non-hydrogen) atoms. The predicted molar refractivity (Wildman–Crippen MR) is 75.7 cm³/mol. The van der Waals surface area contributed by atoms with Crippen LogP contribution in [-0.2, 0) is 15.0 Å². The summed E-state index contributed by atoms with van der Waals surface area (Å²) in [7, 11) is -3.87. The molecule has 0 aromatic carbocycles. The van der Waals surface area contributed by atoms with Crippen LogP contribution in [0.1, 0.15) is 44.5 Å². The van der Waals surface area contributed by atoms with Gasteiger partial charge in [-0.25, -0.2) is 4.98 Å². The van der Waals surface area contributed by atoms with Crippen LogP contribution in [0.5, 0.6) is 0 Å². The highest BCUT2D eigenvalue weighted by Gasteiger charge is 2.37. The smallest absolute Gasteiger partial charge is 0.322 e. The molecule has 0 spiro atoms. The molecule has 2 rings (SSSR count). The van der Waals surface area contributed by atoms with Crippen molar-refractivity contribution in [2.24, 2.45) is 0 Å². The van der Waals surface area contributed by atoms with Gasteiger partial charge in [0.15, 0.2) is 0 Å². The lowest BCUT2D eigenvalue weighted by Crippen LogP contribution is -2.52. The molecule has 9 heteroatoms. The molecule has 1 aromatic rings. The lowest BCUT2D eigenvalue weighted by atomic mass is 10.1. The number of carbonyl (C=O) groups is 1. The van der Waals surface area contributed by atoms with E-state index < -0.39 is 28.3 Å². The van der Waals surface area contributed by atoms with Crippen molar-refractivity contribution in [1.29, 1.82) is 0 Å². The number of nitrogens with zero attached hydrogens (tertiary/aromatic N) is 2. The van der Waals surface area contributed by atoms with E-state index in [9.17, 15) is 18.3 Å². The lowest BCUT2D eigenvalue weighted by Gasteiger charge is -2.32. The molecule has 118 valence electrons. The van der Waals surface area contributed by atoms with Crippen molar-refractivity contribution < 1.29 is 18.3 Å². The van der Waals surface area contributed by atoms with Gasteiger partial charge < -0.3 is 10.1 Å². The molecule has 2 heterocycles. The zero-order chi connectivity index (χ0) is 15.5. The third kappa shape index (κ3) is 3.60. The van der Waals surface area contributed by atoms with Gasteiger partial charge in [0.05, 0.1) is 6.04 Å². The molecule has 0 radical (unpaired) electrons. The number of H-pyrrole nitrogens is 1. The number of piperidine rings is 1. The average Bonchev–Trinajstić information content (AvgIpc) is 2.99. The van der Waals surface area contributed by atoms with Gasteiger partial charge in [0.25, 0.3) is 10.2 Å². The van der Waals surface area contributed by atoms with E-state index in [2.05, 4.69) is 14.7 Å². The van der Waals surface area contributed by atoms with Crippen molar-refractivity contribution in [3.63, 3.8) is 0 Å². The first-order chi connectivity index (χ1) is 9.95. The Kier molecular flexibility index (Phi) is 4.96. The van der Waals surface area contributed by atoms with E-state index in [1.165, 1.54) is 0 Å². The number of rotatable bonds is 6. The maximum absolute atomic E-state index is 12.5. The van der Waals surface area contributed by atoms with Gasteiger partial charge >= 0.3 is 5.97 Å². The summed E-state index contributed by atoms with van der Waals surface area (Å²) in [6, 6.07) is -1.49. The van der Waals surface area contributed by atoms with Gasteiger partial charge in [0.2, 0.25) is 0 Å². The SMILES string of the molecule is CCC(NS(=O)(=O)N1CCCCC1C(=O)O)c1ncc[nH]1. The fourth-order valence-electron chi connectivity index (χ4n) is 2.49. The minimum atomic E-state index is -3.87. The number of hydrogen-bond acceptors (Lipinski definition) is 4. The van der Waals surface area contributed by atoms with E-state index in [-0.39, 0.29) is 6.54 Å². The second kappa shape index (κ2) is 6.54. The first-order valence-electron chi connectivity index (χ1n) is 6.97. The summed E-state index contributed by atoms with van der Waals surface area (Å²) in [4.78, 5) is 18.2. The van der Waals surface area contributed by atoms with Gasteiger partial charge in [-0.05, 0) is 25.7 Å². The van der Waals surface area contributed by atoms with Gasteiger partial charge in [-0.2, -0.15) is 17.4 Å². The number of carboxylic acids is 1. The van der Waals surface area contributed by atoms with Gasteiger partial charge in [0.1, 0.15) is 11.9 Å². The highest BCUT2D eigenvalue weighted by molar-refractivity contribution is 7.87. The Morgan fingerprint density at radius 3 is 2.95 bits per heavy atom. The quantitative estimate of drug-likeness (QED) is 0.712. The molecule has 3 N–H and O–H groups in total. The van der Waals surface area contributed by atoms with Crippen LogP contribution in [0.3, 0.4) is 0 Å². The van der Waals surface area contributed by atoms with Crippen molar-refractivity contribution in [3.8, 4) is 0 Å². The minimum Gasteiger partial charge on any atom is -0.480 e. The molecule has 1 fully saturated rings. The molecule has 0 amide bonds. The highest BCUT2D eigenvalue weighted by Crippen LogP contribution is 2.22. The number of carboxylic acid groups (broad SMARTS) is 1. The maximum atomic E-state index is 12.5. The van der Waals surface area contributed by atoms with Crippen LogP contribution in [0.15, 0.2) is 12.4 Å². The third-order valence-electron chi connectivity index (χ3n) is 3.60. The van der Waals surface area contributed by atoms with Crippen LogP contribution in [0.2, 0.25) is 0 Å². The average molecular weight is 316 g/mol. The fraction of sp³-hybridized carbons (Fsp3) is 0.667. The molecule has 0 saturated carbocycles. The zero-order valence-electron chi connectivity index (χ0n) is 11.8. The topological polar surface area (TPSA) is 115 Å². The van der Waals surface area contributed by atoms with E-state index in [1.54, 1.807) is 12.4 Å². The molecule has 0 bridgehead atoms. The number of imidazole rings is 1. The second-order valence-electron chi connectivity index (χ2n) is 5.02. The van der Waals surface area contributed by atoms with Gasteiger partial charge in [-0.1, -0.05) is 6.92 Å². The van der Waals surface area contributed by atoms with Crippen molar-refractivity contribution in [2.45, 2.75) is 44.7 Å². The summed E-state index contributed by atoms with van der Waals surface area (Å²) in [6.45, 7) is 2.06. The van der Waals surface area contributed by atoms with E-state index in [4.69, 9.17) is 0 Å². The largest absolute Gasteiger partial charge is 0.480 e. The van der Waals surface area contributed by atoms with E-state index >= 15 is 0 Å². The Hall–Kier alpha value is -1.45. The first kappa shape index (κ1) is 15.9. The van der Waals surface area contributed by atoms with Crippen molar-refractivity contribution in [3.05, 3.63) is 18.2 Å². The lowest BCUT2D eigenvalue weighted by molar-refractivity contribution is -0.142. The Morgan fingerprint density at radius 1 is 1.62 bits per heavy atom. The normalized spacial score (nSPS) is 22.0. The van der Waals surface area contributed by atoms with Crippen LogP contribution < -0.4 is 4.72 Å². The molecule has 2 unspecified atom stereocenters. The standard InChI is InChI=1S/C12H20N4O4S/c1-2-9(11-13-6-7-14-11)15-21(19,20)16-8-4-3-5-10(16)12(17)18/h6-7,9-10,15H,2-5,8H2,1H3,(H,13,14)(H,17,18). The Morgan fingerprint density at radius 2 is 2.38 bits per heavy atom. The molecule has 8 nitrogen and oxygen atoms in total. The van der Waals surface area contributed by atoms with E-state index in [0.29, 0.717) is 25.1 Å². The predicted octanol–water partition coefficient (Wildman–Crippen LogP) is 0.634. The monoisotopic (exact) mass is 316 g/mol. The molecule has 1 aromatic heterocycles. The molecule has 2 atom stereocenters. The molecule has 0 aliphatic carbocycles. The van der Waals surface area contributed by atoms with Crippen molar-refractivity contribution in [1.82, 2.24) is 19.0 Å². The molecular weight excluding hydrogens is 296 g/mol. The summed E-state index contributed by atoms with van der Waals surface area (Å²) in [5.74, 6) is -0.587. The minimum absolute atomic E-state index is 0.223. The number of aromatic nitrogens is 2. The molecule has 1 aliphatic rings. The summed E-state index contributed by atoms with van der Waals surface area (Å²) in [6.07, 6.45) is 5.41. The van der Waals surface area contributed by atoms with Gasteiger partial charge in [-0.3, -0.25) is 4.79 Å². The summed E-state index contributed by atoms with van der Waals surface area (Å²) < 4.78 is 28.5. The number of hydrogen-bond donors (Lipinski definition) is 3. The van der Waals surface area contributed by atoms with Gasteiger partial charge in [-0.15, -0.1) is 0 Å². The summed E-state index contributed by atoms with van der Waals surface area (Å²) in [5, 5.41) is 9.19. The molecule has 1 saturated heterocycles. The van der Waals surface area contributed by atoms with Crippen LogP contribution in [0.4, 0.5) is 0 Å². The van der Waals surface area contributed by atoms with Crippen LogP contribution in [-0.4, -0.2) is 46.4 Å². The van der Waals surface area contributed by atoms with Gasteiger partial charge in [0, 0.05) is 18.9 Å².